The maximum absolute atomic E-state index is 11.3. The molecule has 1 aliphatic heterocycles. The van der Waals surface area contributed by atoms with E-state index in [1.165, 1.54) is 17.3 Å². The average Bonchev–Trinajstić information content (AvgIpc) is 3.05. The molecule has 0 saturated heterocycles. The van der Waals surface area contributed by atoms with Gasteiger partial charge in [0.2, 0.25) is 5.91 Å². The highest BCUT2D eigenvalue weighted by atomic mass is 32.2. The van der Waals surface area contributed by atoms with E-state index in [9.17, 15) is 9.90 Å². The lowest BCUT2D eigenvalue weighted by Gasteiger charge is -2.26. The normalized spacial score (nSPS) is 17.4. The molecule has 28 heavy (non-hydrogen) atoms. The largest absolute Gasteiger partial charge is 0.387 e. The van der Waals surface area contributed by atoms with E-state index in [0.717, 1.165) is 29.9 Å². The fourth-order valence-electron chi connectivity index (χ4n) is 3.14. The molecule has 2 aromatic rings. The Bertz CT molecular complexity index is 811. The fraction of sp³-hybridized carbons (Fsp3) is 0.286. The first-order valence-corrected chi connectivity index (χ1v) is 10.2. The summed E-state index contributed by atoms with van der Waals surface area (Å²) in [6.07, 6.45) is 0.524. The summed E-state index contributed by atoms with van der Waals surface area (Å²) in [7, 11) is 0. The van der Waals surface area contributed by atoms with Gasteiger partial charge in [-0.2, -0.15) is 0 Å². The van der Waals surface area contributed by atoms with Crippen LogP contribution in [0.15, 0.2) is 65.7 Å². The van der Waals surface area contributed by atoms with E-state index in [0.29, 0.717) is 6.54 Å². The van der Waals surface area contributed by atoms with Gasteiger partial charge in [0.15, 0.2) is 0 Å². The first-order chi connectivity index (χ1) is 13.5. The van der Waals surface area contributed by atoms with Crippen LogP contribution in [0, 0.1) is 0 Å². The highest BCUT2D eigenvalue weighted by Crippen LogP contribution is 2.34. The van der Waals surface area contributed by atoms with Crippen molar-refractivity contribution in [2.75, 3.05) is 18.0 Å². The van der Waals surface area contributed by atoms with Crippen LogP contribution in [-0.4, -0.2) is 29.6 Å². The van der Waals surface area contributed by atoms with Gasteiger partial charge >= 0.3 is 0 Å². The highest BCUT2D eigenvalue weighted by Gasteiger charge is 2.25. The van der Waals surface area contributed by atoms with E-state index in [4.69, 9.17) is 11.5 Å². The molecule has 0 fully saturated rings. The standard InChI is InChI=1S/C21H26N4O2S/c22-20(27)12-18-14-28-21(23)25(18)17-8-6-15(7-9-17)10-11-24-13-19(26)16-4-2-1-3-5-16/h1-9,14,19,21,24,26H,10-13,23H2,(H2,22,27)/t19-,21?/m0/s1. The van der Waals surface area contributed by atoms with Gasteiger partial charge in [0, 0.05) is 17.9 Å². The van der Waals surface area contributed by atoms with Crippen LogP contribution in [0.2, 0.25) is 0 Å². The molecule has 0 bridgehead atoms. The molecule has 2 aromatic carbocycles. The summed E-state index contributed by atoms with van der Waals surface area (Å²) in [6.45, 7) is 1.29. The number of aliphatic hydroxyl groups is 1. The van der Waals surface area contributed by atoms with Crippen molar-refractivity contribution in [3.63, 3.8) is 0 Å². The zero-order valence-electron chi connectivity index (χ0n) is 15.6. The Labute approximate surface area is 169 Å². The smallest absolute Gasteiger partial charge is 0.223 e. The maximum atomic E-state index is 11.3. The Hall–Kier alpha value is -2.32. The van der Waals surface area contributed by atoms with Crippen molar-refractivity contribution < 1.29 is 9.90 Å². The summed E-state index contributed by atoms with van der Waals surface area (Å²) in [5.74, 6) is -0.369. The van der Waals surface area contributed by atoms with Gasteiger partial charge in [0.05, 0.1) is 12.5 Å². The van der Waals surface area contributed by atoms with Crippen LogP contribution in [0.3, 0.4) is 0 Å². The lowest BCUT2D eigenvalue weighted by atomic mass is 10.1. The van der Waals surface area contributed by atoms with Crippen LogP contribution in [0.5, 0.6) is 0 Å². The molecule has 0 spiro atoms. The number of anilines is 1. The van der Waals surface area contributed by atoms with Crippen molar-refractivity contribution in [2.24, 2.45) is 11.5 Å². The van der Waals surface area contributed by atoms with E-state index in [1.807, 2.05) is 52.8 Å². The fourth-order valence-corrected chi connectivity index (χ4v) is 4.01. The van der Waals surface area contributed by atoms with Crippen molar-refractivity contribution in [1.29, 1.82) is 0 Å². The van der Waals surface area contributed by atoms with Gasteiger partial charge in [-0.25, -0.2) is 0 Å². The number of hydrogen-bond donors (Lipinski definition) is 4. The molecule has 148 valence electrons. The number of nitrogens with two attached hydrogens (primary N) is 2. The lowest BCUT2D eigenvalue weighted by molar-refractivity contribution is -0.117. The zero-order valence-corrected chi connectivity index (χ0v) is 16.4. The Balaban J connectivity index is 1.49. The van der Waals surface area contributed by atoms with Gasteiger partial charge < -0.3 is 26.8 Å². The lowest BCUT2D eigenvalue weighted by Crippen LogP contribution is -2.36. The maximum Gasteiger partial charge on any atom is 0.223 e. The number of nitrogens with one attached hydrogen (secondary N) is 1. The monoisotopic (exact) mass is 398 g/mol. The van der Waals surface area contributed by atoms with Crippen LogP contribution in [0.25, 0.3) is 0 Å². The Morgan fingerprint density at radius 3 is 2.57 bits per heavy atom. The van der Waals surface area contributed by atoms with E-state index in [1.54, 1.807) is 0 Å². The van der Waals surface area contributed by atoms with Gasteiger partial charge in [-0.1, -0.05) is 54.2 Å². The van der Waals surface area contributed by atoms with Crippen LogP contribution in [-0.2, 0) is 11.2 Å². The molecule has 0 aromatic heterocycles. The minimum atomic E-state index is -0.506. The van der Waals surface area contributed by atoms with Crippen LogP contribution in [0.1, 0.15) is 23.7 Å². The van der Waals surface area contributed by atoms with E-state index >= 15 is 0 Å². The quantitative estimate of drug-likeness (QED) is 0.482. The summed E-state index contributed by atoms with van der Waals surface area (Å²) >= 11 is 1.47. The molecule has 0 radical (unpaired) electrons. The summed E-state index contributed by atoms with van der Waals surface area (Å²) in [5.41, 5.74) is 15.1. The molecule has 6 nitrogen and oxygen atoms in total. The van der Waals surface area contributed by atoms with Gasteiger partial charge in [0.25, 0.3) is 0 Å². The Morgan fingerprint density at radius 1 is 1.18 bits per heavy atom. The average molecular weight is 399 g/mol. The molecular weight excluding hydrogens is 372 g/mol. The number of carbonyl (C=O) groups excluding carboxylic acids is 1. The van der Waals surface area contributed by atoms with E-state index < -0.39 is 6.10 Å². The Kier molecular flexibility index (Phi) is 7.11. The van der Waals surface area contributed by atoms with Crippen molar-refractivity contribution in [3.8, 4) is 0 Å². The summed E-state index contributed by atoms with van der Waals surface area (Å²) < 4.78 is 0. The first kappa shape index (κ1) is 20.4. The van der Waals surface area contributed by atoms with Crippen molar-refractivity contribution in [3.05, 3.63) is 76.8 Å². The Morgan fingerprint density at radius 2 is 1.89 bits per heavy atom. The molecule has 1 amide bonds. The summed E-state index contributed by atoms with van der Waals surface area (Å²) in [4.78, 5) is 13.2. The molecule has 2 atom stereocenters. The van der Waals surface area contributed by atoms with Crippen LogP contribution in [0.4, 0.5) is 5.69 Å². The molecule has 7 heteroatoms. The minimum absolute atomic E-state index is 0.177. The number of rotatable bonds is 9. The number of hydrogen-bond acceptors (Lipinski definition) is 6. The number of aliphatic hydroxyl groups excluding tert-OH is 1. The van der Waals surface area contributed by atoms with Gasteiger partial charge in [0.1, 0.15) is 5.50 Å². The first-order valence-electron chi connectivity index (χ1n) is 9.25. The predicted octanol–water partition coefficient (Wildman–Crippen LogP) is 2.06. The predicted molar refractivity (Wildman–Crippen MR) is 114 cm³/mol. The molecule has 0 saturated carbocycles. The van der Waals surface area contributed by atoms with Crippen molar-refractivity contribution in [2.45, 2.75) is 24.4 Å². The second kappa shape index (κ2) is 9.75. The van der Waals surface area contributed by atoms with Crippen LogP contribution < -0.4 is 21.7 Å². The number of carbonyl (C=O) groups is 1. The third-order valence-electron chi connectivity index (χ3n) is 4.59. The summed E-state index contributed by atoms with van der Waals surface area (Å²) in [5, 5.41) is 15.4. The molecule has 3 rings (SSSR count). The molecule has 1 heterocycles. The van der Waals surface area contributed by atoms with Crippen LogP contribution >= 0.6 is 11.8 Å². The number of amides is 1. The van der Waals surface area contributed by atoms with E-state index in [2.05, 4.69) is 17.4 Å². The highest BCUT2D eigenvalue weighted by molar-refractivity contribution is 8.03. The number of primary amides is 1. The second-order valence-electron chi connectivity index (χ2n) is 6.70. The van der Waals surface area contributed by atoms with Crippen molar-refractivity contribution in [1.82, 2.24) is 5.32 Å². The number of nitrogens with zero attached hydrogens (tertiary/aromatic N) is 1. The molecule has 6 N–H and O–H groups in total. The minimum Gasteiger partial charge on any atom is -0.387 e. The van der Waals surface area contributed by atoms with Gasteiger partial charge in [-0.05, 0) is 41.6 Å². The topological polar surface area (TPSA) is 105 Å². The molecule has 1 aliphatic rings. The number of benzene rings is 2. The molecular formula is C21H26N4O2S. The zero-order chi connectivity index (χ0) is 19.9. The third-order valence-corrected chi connectivity index (χ3v) is 5.49. The second-order valence-corrected chi connectivity index (χ2v) is 7.69. The third kappa shape index (κ3) is 5.36. The molecule has 1 unspecified atom stereocenters. The molecule has 0 aliphatic carbocycles. The van der Waals surface area contributed by atoms with Crippen molar-refractivity contribution >= 4 is 23.4 Å². The van der Waals surface area contributed by atoms with E-state index in [-0.39, 0.29) is 17.8 Å². The summed E-state index contributed by atoms with van der Waals surface area (Å²) in [6, 6.07) is 17.8. The number of thioether (sulfide) groups is 1. The van der Waals surface area contributed by atoms with Gasteiger partial charge in [-0.3, -0.25) is 4.79 Å². The SMILES string of the molecule is NC(=O)CC1=CSC(N)N1c1ccc(CCNC[C@H](O)c2ccccc2)cc1. The van der Waals surface area contributed by atoms with Gasteiger partial charge in [-0.15, -0.1) is 0 Å².